The molecule has 0 aliphatic carbocycles. The third-order valence-corrected chi connectivity index (χ3v) is 1.18. The van der Waals surface area contributed by atoms with E-state index in [2.05, 4.69) is 6.07 Å². The van der Waals surface area contributed by atoms with E-state index in [-0.39, 0.29) is 12.4 Å². The highest BCUT2D eigenvalue weighted by atomic mass is 35.5. The molecule has 78 valence electrons. The van der Waals surface area contributed by atoms with Gasteiger partial charge < -0.3 is 4.90 Å². The Hall–Kier alpha value is -1.04. The Balaban J connectivity index is 0. The molecule has 14 heavy (non-hydrogen) atoms. The summed E-state index contributed by atoms with van der Waals surface area (Å²) in [6, 6.07) is 9.54. The molecule has 0 saturated carbocycles. The summed E-state index contributed by atoms with van der Waals surface area (Å²) in [5, 5.41) is 8.38. The molecule has 1 rings (SSSR count). The molecule has 0 aromatic heterocycles. The lowest BCUT2D eigenvalue weighted by Crippen LogP contribution is -1.99. The van der Waals surface area contributed by atoms with Gasteiger partial charge in [0.2, 0.25) is 0 Å². The van der Waals surface area contributed by atoms with Gasteiger partial charge in [0.15, 0.2) is 0 Å². The second kappa shape index (κ2) is 8.55. The number of hydrogen-bond donors (Lipinski definition) is 0. The van der Waals surface area contributed by atoms with Crippen LogP contribution >= 0.6 is 12.4 Å². The van der Waals surface area contributed by atoms with Crippen molar-refractivity contribution in [3.63, 3.8) is 0 Å². The molecular formula is C11H17ClN2. The van der Waals surface area contributed by atoms with E-state index in [0.717, 1.165) is 5.56 Å². The molecule has 0 spiro atoms. The molecule has 1 aromatic carbocycles. The van der Waals surface area contributed by atoms with Crippen LogP contribution in [0.2, 0.25) is 0 Å². The summed E-state index contributed by atoms with van der Waals surface area (Å²) >= 11 is 0. The first-order chi connectivity index (χ1) is 6.06. The molecule has 1 aromatic rings. The lowest BCUT2D eigenvalue weighted by molar-refractivity contribution is 0.505. The largest absolute Gasteiger partial charge is 0.312 e. The van der Waals surface area contributed by atoms with Gasteiger partial charge in [0.05, 0.1) is 11.6 Å². The fourth-order valence-corrected chi connectivity index (χ4v) is 0.628. The summed E-state index contributed by atoms with van der Waals surface area (Å²) in [5.41, 5.74) is 1.91. The standard InChI is InChI=1S/C8H7N.C3H9N.ClH/c1-7-2-4-8(6-9)5-3-7;1-4(2)3;/h2-5H,1H3;1-3H3;1H. The maximum Gasteiger partial charge on any atom is 0.0991 e. The minimum absolute atomic E-state index is 0. The second-order valence-electron chi connectivity index (χ2n) is 3.32. The van der Waals surface area contributed by atoms with E-state index in [0.29, 0.717) is 0 Å². The van der Waals surface area contributed by atoms with Gasteiger partial charge in [0.1, 0.15) is 0 Å². The SMILES string of the molecule is CN(C)C.Cc1ccc(C#N)cc1.Cl. The van der Waals surface area contributed by atoms with Crippen molar-refractivity contribution in [1.29, 1.82) is 5.26 Å². The van der Waals surface area contributed by atoms with Crippen LogP contribution in [0.15, 0.2) is 24.3 Å². The van der Waals surface area contributed by atoms with E-state index >= 15 is 0 Å². The van der Waals surface area contributed by atoms with Gasteiger partial charge in [-0.1, -0.05) is 17.7 Å². The number of benzene rings is 1. The second-order valence-corrected chi connectivity index (χ2v) is 3.32. The van der Waals surface area contributed by atoms with Crippen LogP contribution in [0.25, 0.3) is 0 Å². The molecule has 0 aliphatic rings. The van der Waals surface area contributed by atoms with Crippen LogP contribution in [0.4, 0.5) is 0 Å². The molecule has 3 heteroatoms. The molecule has 0 unspecified atom stereocenters. The minimum atomic E-state index is 0. The van der Waals surface area contributed by atoms with Crippen molar-refractivity contribution in [2.24, 2.45) is 0 Å². The summed E-state index contributed by atoms with van der Waals surface area (Å²) in [4.78, 5) is 2.00. The van der Waals surface area contributed by atoms with E-state index in [4.69, 9.17) is 5.26 Å². The quantitative estimate of drug-likeness (QED) is 0.661. The van der Waals surface area contributed by atoms with Gasteiger partial charge in [0, 0.05) is 0 Å². The van der Waals surface area contributed by atoms with Crippen molar-refractivity contribution in [2.45, 2.75) is 6.92 Å². The summed E-state index contributed by atoms with van der Waals surface area (Å²) in [7, 11) is 6.00. The number of nitriles is 1. The smallest absolute Gasteiger partial charge is 0.0991 e. The molecule has 0 saturated heterocycles. The number of halogens is 1. The highest BCUT2D eigenvalue weighted by Crippen LogP contribution is 1.99. The topological polar surface area (TPSA) is 27.0 Å². The van der Waals surface area contributed by atoms with Gasteiger partial charge in [-0.25, -0.2) is 0 Å². The Morgan fingerprint density at radius 2 is 1.43 bits per heavy atom. The predicted molar refractivity (Wildman–Crippen MR) is 62.8 cm³/mol. The Bertz CT molecular complexity index is 270. The van der Waals surface area contributed by atoms with Gasteiger partial charge in [-0.2, -0.15) is 5.26 Å². The molecule has 0 aliphatic heterocycles. The number of rotatable bonds is 0. The number of aryl methyl sites for hydroxylation is 1. The maximum atomic E-state index is 8.38. The first-order valence-electron chi connectivity index (χ1n) is 4.14. The Morgan fingerprint density at radius 1 is 1.07 bits per heavy atom. The average Bonchev–Trinajstić information content (AvgIpc) is 2.05. The average molecular weight is 213 g/mol. The highest BCUT2D eigenvalue weighted by Gasteiger charge is 1.84. The van der Waals surface area contributed by atoms with Crippen LogP contribution < -0.4 is 0 Å². The van der Waals surface area contributed by atoms with Crippen LogP contribution in [-0.2, 0) is 0 Å². The number of hydrogen-bond acceptors (Lipinski definition) is 2. The Labute approximate surface area is 92.6 Å². The van der Waals surface area contributed by atoms with Crippen LogP contribution in [-0.4, -0.2) is 26.0 Å². The monoisotopic (exact) mass is 212 g/mol. The van der Waals surface area contributed by atoms with E-state index in [1.807, 2.05) is 57.2 Å². The van der Waals surface area contributed by atoms with E-state index < -0.39 is 0 Å². The summed E-state index contributed by atoms with van der Waals surface area (Å²) < 4.78 is 0. The molecule has 0 atom stereocenters. The zero-order chi connectivity index (χ0) is 10.3. The van der Waals surface area contributed by atoms with E-state index in [1.54, 1.807) is 0 Å². The van der Waals surface area contributed by atoms with Crippen molar-refractivity contribution in [3.8, 4) is 6.07 Å². The molecule has 0 fully saturated rings. The van der Waals surface area contributed by atoms with Crippen molar-refractivity contribution >= 4 is 12.4 Å². The summed E-state index contributed by atoms with van der Waals surface area (Å²) in [6.07, 6.45) is 0. The predicted octanol–water partition coefficient (Wildman–Crippen LogP) is 2.47. The van der Waals surface area contributed by atoms with Crippen molar-refractivity contribution in [2.75, 3.05) is 21.1 Å². The van der Waals surface area contributed by atoms with E-state index in [1.165, 1.54) is 5.56 Å². The van der Waals surface area contributed by atoms with Gasteiger partial charge in [-0.05, 0) is 40.2 Å². The zero-order valence-electron chi connectivity index (χ0n) is 9.11. The minimum Gasteiger partial charge on any atom is -0.312 e. The molecule has 0 amide bonds. The van der Waals surface area contributed by atoms with Crippen LogP contribution in [0.1, 0.15) is 11.1 Å². The zero-order valence-corrected chi connectivity index (χ0v) is 9.93. The molecule has 0 radical (unpaired) electrons. The Morgan fingerprint density at radius 3 is 1.71 bits per heavy atom. The first-order valence-corrected chi connectivity index (χ1v) is 4.14. The highest BCUT2D eigenvalue weighted by molar-refractivity contribution is 5.85. The number of nitrogens with zero attached hydrogens (tertiary/aromatic N) is 2. The first kappa shape index (κ1) is 15.4. The fourth-order valence-electron chi connectivity index (χ4n) is 0.628. The van der Waals surface area contributed by atoms with Crippen LogP contribution in [0.3, 0.4) is 0 Å². The third-order valence-electron chi connectivity index (χ3n) is 1.18. The lowest BCUT2D eigenvalue weighted by atomic mass is 10.2. The van der Waals surface area contributed by atoms with Gasteiger partial charge >= 0.3 is 0 Å². The van der Waals surface area contributed by atoms with Gasteiger partial charge in [-0.15, -0.1) is 12.4 Å². The van der Waals surface area contributed by atoms with Crippen molar-refractivity contribution in [1.82, 2.24) is 4.90 Å². The normalized spacial score (nSPS) is 8.00. The third kappa shape index (κ3) is 9.05. The lowest BCUT2D eigenvalue weighted by Gasteiger charge is -1.90. The molecule has 0 bridgehead atoms. The van der Waals surface area contributed by atoms with Crippen LogP contribution in [0, 0.1) is 18.3 Å². The summed E-state index contributed by atoms with van der Waals surface area (Å²) in [6.45, 7) is 2.00. The van der Waals surface area contributed by atoms with Gasteiger partial charge in [-0.3, -0.25) is 0 Å². The summed E-state index contributed by atoms with van der Waals surface area (Å²) in [5.74, 6) is 0. The maximum absolute atomic E-state index is 8.38. The van der Waals surface area contributed by atoms with E-state index in [9.17, 15) is 0 Å². The fraction of sp³-hybridized carbons (Fsp3) is 0.364. The molecular weight excluding hydrogens is 196 g/mol. The molecule has 0 heterocycles. The van der Waals surface area contributed by atoms with Gasteiger partial charge in [0.25, 0.3) is 0 Å². The van der Waals surface area contributed by atoms with Crippen molar-refractivity contribution < 1.29 is 0 Å². The van der Waals surface area contributed by atoms with Crippen molar-refractivity contribution in [3.05, 3.63) is 35.4 Å². The molecule has 0 N–H and O–H groups in total. The molecule has 2 nitrogen and oxygen atoms in total. The van der Waals surface area contributed by atoms with Crippen LogP contribution in [0.5, 0.6) is 0 Å². The Kier molecular flexibility index (Phi) is 9.43.